The maximum absolute atomic E-state index is 13.1. The molecule has 2 nitrogen and oxygen atoms in total. The van der Waals surface area contributed by atoms with Gasteiger partial charge in [0.25, 0.3) is 0 Å². The first-order chi connectivity index (χ1) is 8.05. The fourth-order valence-electron chi connectivity index (χ4n) is 2.43. The molecule has 0 radical (unpaired) electrons. The van der Waals surface area contributed by atoms with Gasteiger partial charge in [-0.25, -0.2) is 4.39 Å². The molecule has 2 rings (SSSR count). The van der Waals surface area contributed by atoms with Crippen molar-refractivity contribution in [3.05, 3.63) is 35.6 Å². The smallest absolute Gasteiger partial charge is 0.123 e. The fraction of sp³-hybridized carbons (Fsp3) is 0.571. The second-order valence-electron chi connectivity index (χ2n) is 5.68. The van der Waals surface area contributed by atoms with Crippen LogP contribution in [0.15, 0.2) is 24.3 Å². The van der Waals surface area contributed by atoms with Crippen molar-refractivity contribution in [2.45, 2.75) is 20.4 Å². The first-order valence-corrected chi connectivity index (χ1v) is 6.23. The van der Waals surface area contributed by atoms with Gasteiger partial charge < -0.3 is 5.32 Å². The highest BCUT2D eigenvalue weighted by Gasteiger charge is 2.24. The van der Waals surface area contributed by atoms with Crippen molar-refractivity contribution in [1.82, 2.24) is 10.2 Å². The topological polar surface area (TPSA) is 15.3 Å². The maximum atomic E-state index is 13.1. The zero-order chi connectivity index (χ0) is 12.3. The van der Waals surface area contributed by atoms with Gasteiger partial charge in [0.1, 0.15) is 5.82 Å². The molecule has 1 aliphatic heterocycles. The Bertz CT molecular complexity index is 376. The Hall–Kier alpha value is -0.930. The highest BCUT2D eigenvalue weighted by molar-refractivity contribution is 5.16. The zero-order valence-electron chi connectivity index (χ0n) is 10.7. The quantitative estimate of drug-likeness (QED) is 0.847. The number of hydrogen-bond acceptors (Lipinski definition) is 2. The summed E-state index contributed by atoms with van der Waals surface area (Å²) in [7, 11) is 0. The monoisotopic (exact) mass is 236 g/mol. The number of halogens is 1. The van der Waals surface area contributed by atoms with Gasteiger partial charge in [-0.05, 0) is 23.1 Å². The predicted octanol–water partition coefficient (Wildman–Crippen LogP) is 2.26. The Morgan fingerprint density at radius 1 is 1.41 bits per heavy atom. The predicted molar refractivity (Wildman–Crippen MR) is 68.3 cm³/mol. The molecule has 1 aliphatic rings. The molecule has 1 fully saturated rings. The molecule has 0 aliphatic carbocycles. The van der Waals surface area contributed by atoms with E-state index in [-0.39, 0.29) is 11.2 Å². The van der Waals surface area contributed by atoms with Gasteiger partial charge in [-0.2, -0.15) is 0 Å². The first-order valence-electron chi connectivity index (χ1n) is 6.23. The lowest BCUT2D eigenvalue weighted by molar-refractivity contribution is 0.200. The Morgan fingerprint density at radius 2 is 2.24 bits per heavy atom. The Labute approximate surface area is 103 Å². The average molecular weight is 236 g/mol. The van der Waals surface area contributed by atoms with Gasteiger partial charge in [0.2, 0.25) is 0 Å². The van der Waals surface area contributed by atoms with Crippen LogP contribution in [0.3, 0.4) is 0 Å². The van der Waals surface area contributed by atoms with Crippen LogP contribution < -0.4 is 5.32 Å². The van der Waals surface area contributed by atoms with Crippen LogP contribution in [-0.4, -0.2) is 31.1 Å². The van der Waals surface area contributed by atoms with Crippen LogP contribution in [0.1, 0.15) is 19.4 Å². The Morgan fingerprint density at radius 3 is 3.00 bits per heavy atom. The van der Waals surface area contributed by atoms with Gasteiger partial charge in [-0.15, -0.1) is 0 Å². The van der Waals surface area contributed by atoms with Gasteiger partial charge in [-0.3, -0.25) is 4.90 Å². The molecule has 1 saturated heterocycles. The molecule has 0 bridgehead atoms. The molecule has 94 valence electrons. The number of nitrogens with one attached hydrogen (secondary N) is 1. The summed E-state index contributed by atoms with van der Waals surface area (Å²) in [5.74, 6) is -0.144. The third-order valence-corrected chi connectivity index (χ3v) is 3.16. The molecule has 1 heterocycles. The summed E-state index contributed by atoms with van der Waals surface area (Å²) in [5, 5.41) is 3.45. The van der Waals surface area contributed by atoms with Crippen molar-refractivity contribution >= 4 is 0 Å². The van der Waals surface area contributed by atoms with Crippen molar-refractivity contribution in [1.29, 1.82) is 0 Å². The summed E-state index contributed by atoms with van der Waals surface area (Å²) in [6.07, 6.45) is 0. The molecule has 3 heteroatoms. The normalized spacial score (nSPS) is 21.1. The molecule has 17 heavy (non-hydrogen) atoms. The third kappa shape index (κ3) is 3.79. The molecule has 0 saturated carbocycles. The summed E-state index contributed by atoms with van der Waals surface area (Å²) >= 11 is 0. The molecule has 1 N–H and O–H groups in total. The number of hydrogen-bond donors (Lipinski definition) is 1. The van der Waals surface area contributed by atoms with Gasteiger partial charge in [0.05, 0.1) is 0 Å². The molecular weight excluding hydrogens is 215 g/mol. The zero-order valence-corrected chi connectivity index (χ0v) is 10.7. The van der Waals surface area contributed by atoms with Crippen LogP contribution in [0.2, 0.25) is 0 Å². The number of rotatable bonds is 2. The van der Waals surface area contributed by atoms with E-state index in [0.717, 1.165) is 38.3 Å². The van der Waals surface area contributed by atoms with Crippen molar-refractivity contribution in [2.75, 3.05) is 26.2 Å². The second-order valence-corrected chi connectivity index (χ2v) is 5.68. The van der Waals surface area contributed by atoms with Gasteiger partial charge in [-0.1, -0.05) is 26.0 Å². The highest BCUT2D eigenvalue weighted by Crippen LogP contribution is 2.19. The molecule has 0 aromatic heterocycles. The second kappa shape index (κ2) is 5.15. The molecule has 0 spiro atoms. The van der Waals surface area contributed by atoms with Crippen LogP contribution in [0.25, 0.3) is 0 Å². The van der Waals surface area contributed by atoms with Crippen molar-refractivity contribution in [3.63, 3.8) is 0 Å². The van der Waals surface area contributed by atoms with E-state index in [4.69, 9.17) is 0 Å². The molecule has 0 atom stereocenters. The van der Waals surface area contributed by atoms with E-state index in [9.17, 15) is 4.39 Å². The summed E-state index contributed by atoms with van der Waals surface area (Å²) in [6, 6.07) is 6.91. The fourth-order valence-corrected chi connectivity index (χ4v) is 2.43. The van der Waals surface area contributed by atoms with Crippen molar-refractivity contribution in [3.8, 4) is 0 Å². The first kappa shape index (κ1) is 12.5. The van der Waals surface area contributed by atoms with Crippen molar-refractivity contribution < 1.29 is 4.39 Å². The van der Waals surface area contributed by atoms with Crippen LogP contribution in [0, 0.1) is 11.2 Å². The van der Waals surface area contributed by atoms with E-state index in [1.165, 1.54) is 6.07 Å². The minimum Gasteiger partial charge on any atom is -0.315 e. The van der Waals surface area contributed by atoms with E-state index >= 15 is 0 Å². The third-order valence-electron chi connectivity index (χ3n) is 3.16. The largest absolute Gasteiger partial charge is 0.315 e. The van der Waals surface area contributed by atoms with Crippen LogP contribution in [0.5, 0.6) is 0 Å². The molecule has 0 amide bonds. The lowest BCUT2D eigenvalue weighted by Crippen LogP contribution is -2.34. The molecule has 0 unspecified atom stereocenters. The van der Waals surface area contributed by atoms with Gasteiger partial charge in [0, 0.05) is 32.7 Å². The standard InChI is InChI=1S/C14H21FN2/c1-14(2)10-16-6-7-17(11-14)9-12-4-3-5-13(15)8-12/h3-5,8,16H,6-7,9-11H2,1-2H3. The lowest BCUT2D eigenvalue weighted by atomic mass is 9.93. The van der Waals surface area contributed by atoms with Gasteiger partial charge >= 0.3 is 0 Å². The molecule has 1 aromatic rings. The summed E-state index contributed by atoms with van der Waals surface area (Å²) < 4.78 is 13.1. The van der Waals surface area contributed by atoms with Gasteiger partial charge in [0.15, 0.2) is 0 Å². The Balaban J connectivity index is 2.02. The van der Waals surface area contributed by atoms with Crippen LogP contribution in [0.4, 0.5) is 4.39 Å². The molecule has 1 aromatic carbocycles. The maximum Gasteiger partial charge on any atom is 0.123 e. The SMILES string of the molecule is CC1(C)CNCCN(Cc2cccc(F)c2)C1. The highest BCUT2D eigenvalue weighted by atomic mass is 19.1. The summed E-state index contributed by atoms with van der Waals surface area (Å²) in [6.45, 7) is 9.51. The van der Waals surface area contributed by atoms with E-state index in [1.807, 2.05) is 6.07 Å². The van der Waals surface area contributed by atoms with Crippen LogP contribution >= 0.6 is 0 Å². The average Bonchev–Trinajstić information content (AvgIpc) is 2.39. The summed E-state index contributed by atoms with van der Waals surface area (Å²) in [4.78, 5) is 2.40. The van der Waals surface area contributed by atoms with E-state index in [0.29, 0.717) is 0 Å². The number of benzene rings is 1. The minimum absolute atomic E-state index is 0.144. The Kier molecular flexibility index (Phi) is 3.79. The molecular formula is C14H21FN2. The lowest BCUT2D eigenvalue weighted by Gasteiger charge is -2.29. The number of nitrogens with zero attached hydrogens (tertiary/aromatic N) is 1. The minimum atomic E-state index is -0.144. The summed E-state index contributed by atoms with van der Waals surface area (Å²) in [5.41, 5.74) is 1.34. The van der Waals surface area contributed by atoms with Crippen LogP contribution in [-0.2, 0) is 6.54 Å². The van der Waals surface area contributed by atoms with E-state index in [1.54, 1.807) is 12.1 Å². The van der Waals surface area contributed by atoms with E-state index < -0.39 is 0 Å². The van der Waals surface area contributed by atoms with E-state index in [2.05, 4.69) is 24.1 Å². The van der Waals surface area contributed by atoms with Crippen molar-refractivity contribution in [2.24, 2.45) is 5.41 Å².